The second-order valence-corrected chi connectivity index (χ2v) is 11.6. The number of hydrogen-bond acceptors (Lipinski definition) is 9. The van der Waals surface area contributed by atoms with Crippen LogP contribution < -0.4 is 10.2 Å². The first-order chi connectivity index (χ1) is 18.8. The van der Waals surface area contributed by atoms with E-state index in [4.69, 9.17) is 0 Å². The fourth-order valence-corrected chi connectivity index (χ4v) is 6.33. The summed E-state index contributed by atoms with van der Waals surface area (Å²) in [5, 5.41) is 3.37. The Morgan fingerprint density at radius 3 is 2.62 bits per heavy atom. The van der Waals surface area contributed by atoms with E-state index in [2.05, 4.69) is 25.2 Å². The molecule has 2 aromatic heterocycles. The quantitative estimate of drug-likeness (QED) is 0.362. The van der Waals surface area contributed by atoms with E-state index in [-0.39, 0.29) is 23.1 Å². The van der Waals surface area contributed by atoms with Crippen molar-refractivity contribution in [1.29, 1.82) is 0 Å². The van der Waals surface area contributed by atoms with E-state index in [0.717, 1.165) is 78.9 Å². The van der Waals surface area contributed by atoms with Crippen LogP contribution in [0.1, 0.15) is 36.2 Å². The molecule has 2 aromatic rings. The third kappa shape index (κ3) is 6.98. The van der Waals surface area contributed by atoms with Gasteiger partial charge in [-0.1, -0.05) is 12.1 Å². The molecule has 0 aliphatic carbocycles. The minimum atomic E-state index is -4.32. The molecule has 0 saturated carbocycles. The number of piperidine rings is 1. The lowest BCUT2D eigenvalue weighted by Gasteiger charge is -2.32. The third-order valence-electron chi connectivity index (χ3n) is 6.69. The average Bonchev–Trinajstić information content (AvgIpc) is 3.25. The second kappa shape index (κ2) is 12.1. The first-order valence-electron chi connectivity index (χ1n) is 12.6. The molecule has 0 spiro atoms. The largest absolute Gasteiger partial charge is 0.422 e. The fraction of sp³-hybridized carbons (Fsp3) is 0.370. The van der Waals surface area contributed by atoms with Gasteiger partial charge in [0.15, 0.2) is 5.78 Å². The molecular weight excluding hydrogens is 547 g/mol. The molecule has 0 amide bonds. The summed E-state index contributed by atoms with van der Waals surface area (Å²) in [5.74, 6) is 1.14. The van der Waals surface area contributed by atoms with Crippen molar-refractivity contribution in [3.63, 3.8) is 0 Å². The van der Waals surface area contributed by atoms with E-state index >= 15 is 0 Å². The molecule has 0 bridgehead atoms. The summed E-state index contributed by atoms with van der Waals surface area (Å²) in [4.78, 5) is 38.8. The molecule has 2 fully saturated rings. The van der Waals surface area contributed by atoms with Gasteiger partial charge in [-0.25, -0.2) is 9.97 Å². The smallest absolute Gasteiger partial charge is 0.341 e. The van der Waals surface area contributed by atoms with Gasteiger partial charge < -0.3 is 10.2 Å². The highest BCUT2D eigenvalue weighted by molar-refractivity contribution is 8.18. The Morgan fingerprint density at radius 1 is 1.10 bits per heavy atom. The molecule has 39 heavy (non-hydrogen) atoms. The van der Waals surface area contributed by atoms with E-state index < -0.39 is 11.1 Å². The highest BCUT2D eigenvalue weighted by Gasteiger charge is 2.35. The normalized spacial score (nSPS) is 20.0. The summed E-state index contributed by atoms with van der Waals surface area (Å²) in [6.07, 6.45) is 5.18. The molecule has 7 nitrogen and oxygen atoms in total. The van der Waals surface area contributed by atoms with Crippen LogP contribution in [0.4, 0.5) is 19.1 Å². The van der Waals surface area contributed by atoms with E-state index in [9.17, 15) is 22.8 Å². The number of nitrogens with one attached hydrogen (secondary N) is 1. The number of anilines is 1. The van der Waals surface area contributed by atoms with Crippen LogP contribution in [0.2, 0.25) is 0 Å². The first kappa shape index (κ1) is 27.6. The van der Waals surface area contributed by atoms with Gasteiger partial charge in [0, 0.05) is 37.8 Å². The summed E-state index contributed by atoms with van der Waals surface area (Å²) in [6, 6.07) is 5.53. The second-order valence-electron chi connectivity index (χ2n) is 9.45. The zero-order valence-electron chi connectivity index (χ0n) is 20.9. The number of alkyl halides is 3. The Labute approximate surface area is 232 Å². The van der Waals surface area contributed by atoms with Gasteiger partial charge in [0.1, 0.15) is 0 Å². The van der Waals surface area contributed by atoms with E-state index in [1.807, 2.05) is 12.1 Å². The molecule has 0 radical (unpaired) electrons. The molecule has 1 N–H and O–H groups in total. The van der Waals surface area contributed by atoms with Gasteiger partial charge in [-0.15, -0.1) is 11.8 Å². The van der Waals surface area contributed by atoms with Gasteiger partial charge in [0.05, 0.1) is 27.6 Å². The predicted molar refractivity (Wildman–Crippen MR) is 148 cm³/mol. The Balaban J connectivity index is 1.13. The fourth-order valence-electron chi connectivity index (χ4n) is 4.64. The minimum absolute atomic E-state index is 0.0604. The molecule has 2 saturated heterocycles. The molecule has 0 aromatic carbocycles. The Morgan fingerprint density at radius 2 is 1.92 bits per heavy atom. The van der Waals surface area contributed by atoms with Crippen LogP contribution >= 0.6 is 23.5 Å². The summed E-state index contributed by atoms with van der Waals surface area (Å²) in [5.41, 5.74) is 3.10. The van der Waals surface area contributed by atoms with Crippen LogP contribution in [-0.4, -0.2) is 57.4 Å². The number of pyridine rings is 1. The number of halogens is 3. The Kier molecular flexibility index (Phi) is 8.53. The number of Topliss-reactive ketones (excluding diaryl/α,β-unsaturated/α-hetero) is 1. The Hall–Kier alpha value is -2.96. The van der Waals surface area contributed by atoms with Crippen LogP contribution in [-0.2, 0) is 16.1 Å². The minimum Gasteiger partial charge on any atom is -0.341 e. The highest BCUT2D eigenvalue weighted by atomic mass is 32.2. The molecule has 12 heteroatoms. The van der Waals surface area contributed by atoms with Crippen LogP contribution in [0.3, 0.4) is 0 Å². The van der Waals surface area contributed by atoms with Gasteiger partial charge in [-0.2, -0.15) is 13.2 Å². The summed E-state index contributed by atoms with van der Waals surface area (Å²) in [6.45, 7) is 3.00. The molecule has 204 valence electrons. The van der Waals surface area contributed by atoms with Gasteiger partial charge >= 0.3 is 6.18 Å². The number of carbonyl (C=O) groups is 2. The van der Waals surface area contributed by atoms with E-state index in [1.54, 1.807) is 24.5 Å². The number of ketones is 1. The third-order valence-corrected chi connectivity index (χ3v) is 8.76. The van der Waals surface area contributed by atoms with Crippen molar-refractivity contribution in [1.82, 2.24) is 20.3 Å². The predicted octanol–water partition coefficient (Wildman–Crippen LogP) is 5.03. The number of aromatic nitrogens is 3. The zero-order valence-corrected chi connectivity index (χ0v) is 22.5. The van der Waals surface area contributed by atoms with Crippen LogP contribution in [0.5, 0.6) is 0 Å². The summed E-state index contributed by atoms with van der Waals surface area (Å²) >= 11 is 1.76. The van der Waals surface area contributed by atoms with Crippen LogP contribution in [0, 0.1) is 5.92 Å². The van der Waals surface area contributed by atoms with Gasteiger partial charge in [0.2, 0.25) is 11.1 Å². The maximum Gasteiger partial charge on any atom is 0.422 e. The number of allylic oxidation sites excluding steroid dienone is 4. The topological polar surface area (TPSA) is 88.1 Å². The van der Waals surface area contributed by atoms with E-state index in [0.29, 0.717) is 29.0 Å². The molecule has 5 rings (SSSR count). The molecule has 0 unspecified atom stereocenters. The molecular formula is C27H26F3N5O2S2. The maximum absolute atomic E-state index is 13.0. The SMILES string of the molecule is O=C1CC(=O)/C(=C/c2ccnc(N3CCC(CNCc4cccnc4C4=CC=C(C(F)(F)F)SC4)CC3)n2)S1. The Bertz CT molecular complexity index is 1350. The lowest BCUT2D eigenvalue weighted by Crippen LogP contribution is -2.38. The van der Waals surface area contributed by atoms with Crippen LogP contribution in [0.15, 0.2) is 52.6 Å². The summed E-state index contributed by atoms with van der Waals surface area (Å²) in [7, 11) is 0. The maximum atomic E-state index is 13.0. The summed E-state index contributed by atoms with van der Waals surface area (Å²) < 4.78 is 38.9. The van der Waals surface area contributed by atoms with Crippen molar-refractivity contribution >= 4 is 52.0 Å². The number of nitrogens with zero attached hydrogens (tertiary/aromatic N) is 4. The lowest BCUT2D eigenvalue weighted by atomic mass is 9.97. The van der Waals surface area contributed by atoms with Crippen molar-refractivity contribution in [2.75, 3.05) is 30.3 Å². The molecule has 3 aliphatic rings. The van der Waals surface area contributed by atoms with Gasteiger partial charge in [0.25, 0.3) is 0 Å². The van der Waals surface area contributed by atoms with Crippen LogP contribution in [0.25, 0.3) is 11.6 Å². The van der Waals surface area contributed by atoms with E-state index in [1.165, 1.54) is 6.08 Å². The van der Waals surface area contributed by atoms with Crippen molar-refractivity contribution in [3.05, 3.63) is 69.5 Å². The van der Waals surface area contributed by atoms with Crippen molar-refractivity contribution in [2.45, 2.75) is 32.0 Å². The van der Waals surface area contributed by atoms with Crippen molar-refractivity contribution < 1.29 is 22.8 Å². The standard InChI is InChI=1S/C27H26F3N5O2S2/c28-27(29,30)23-4-3-19(16-38-23)25-18(2-1-8-32-25)15-31-14-17-6-10-35(11-7-17)26-33-9-5-20(34-26)12-22-21(36)13-24(37)39-22/h1-5,8-9,12,17,31H,6-7,10-11,13-16H2/b22-12-. The number of hydrogen-bond donors (Lipinski definition) is 1. The van der Waals surface area contributed by atoms with Gasteiger partial charge in [-0.05, 0) is 72.5 Å². The number of carbonyl (C=O) groups excluding carboxylic acids is 2. The lowest BCUT2D eigenvalue weighted by molar-refractivity contribution is -0.119. The van der Waals surface area contributed by atoms with Crippen molar-refractivity contribution in [3.8, 4) is 0 Å². The highest BCUT2D eigenvalue weighted by Crippen LogP contribution is 2.39. The number of rotatable bonds is 7. The molecule has 3 aliphatic heterocycles. The van der Waals surface area contributed by atoms with Crippen molar-refractivity contribution in [2.24, 2.45) is 5.92 Å². The van der Waals surface area contributed by atoms with Gasteiger partial charge in [-0.3, -0.25) is 14.6 Å². The molecule has 0 atom stereocenters. The first-order valence-corrected chi connectivity index (χ1v) is 14.4. The monoisotopic (exact) mass is 573 g/mol. The number of thioether (sulfide) groups is 2. The molecule has 5 heterocycles. The average molecular weight is 574 g/mol. The zero-order chi connectivity index (χ0) is 27.4.